The molecule has 1 atom stereocenters. The Kier molecular flexibility index (Phi) is 2.77. The second-order valence-corrected chi connectivity index (χ2v) is 5.26. The minimum atomic E-state index is -1.03. The lowest BCUT2D eigenvalue weighted by molar-refractivity contribution is -0.141. The van der Waals surface area contributed by atoms with Crippen molar-refractivity contribution in [1.29, 1.82) is 0 Å². The molecule has 1 saturated carbocycles. The second kappa shape index (κ2) is 4.33. The van der Waals surface area contributed by atoms with Gasteiger partial charge in [-0.05, 0) is 25.8 Å². The Morgan fingerprint density at radius 2 is 2.21 bits per heavy atom. The summed E-state index contributed by atoms with van der Waals surface area (Å²) in [6.07, 6.45) is 2.32. The van der Waals surface area contributed by atoms with E-state index in [4.69, 9.17) is 4.84 Å². The molecule has 2 aliphatic rings. The molecule has 1 aromatic carbocycles. The van der Waals surface area contributed by atoms with Gasteiger partial charge in [0.05, 0.1) is 5.71 Å². The van der Waals surface area contributed by atoms with Crippen LogP contribution in [-0.2, 0) is 9.63 Å². The maximum Gasteiger partial charge on any atom is 0.267 e. The fraction of sp³-hybridized carbons (Fsp3) is 0.429. The Labute approximate surface area is 110 Å². The van der Waals surface area contributed by atoms with E-state index < -0.39 is 5.60 Å². The van der Waals surface area contributed by atoms with E-state index in [1.807, 2.05) is 0 Å². The molecule has 0 aromatic heterocycles. The lowest BCUT2D eigenvalue weighted by Crippen LogP contribution is -2.45. The molecule has 1 amide bonds. The molecule has 3 rings (SSSR count). The van der Waals surface area contributed by atoms with Crippen molar-refractivity contribution < 1.29 is 14.0 Å². The third-order valence-corrected chi connectivity index (χ3v) is 3.44. The largest absolute Gasteiger partial charge is 0.379 e. The fourth-order valence-corrected chi connectivity index (χ4v) is 2.07. The van der Waals surface area contributed by atoms with Crippen LogP contribution in [0.5, 0.6) is 0 Å². The summed E-state index contributed by atoms with van der Waals surface area (Å²) in [5.74, 6) is -0.526. The van der Waals surface area contributed by atoms with Crippen LogP contribution in [0.15, 0.2) is 29.4 Å². The molecule has 0 saturated heterocycles. The van der Waals surface area contributed by atoms with Crippen LogP contribution < -0.4 is 5.32 Å². The summed E-state index contributed by atoms with van der Waals surface area (Å²) < 4.78 is 13.7. The predicted molar refractivity (Wildman–Crippen MR) is 68.2 cm³/mol. The number of halogens is 1. The van der Waals surface area contributed by atoms with Gasteiger partial charge in [-0.15, -0.1) is 0 Å². The Morgan fingerprint density at radius 1 is 1.47 bits per heavy atom. The molecule has 0 unspecified atom stereocenters. The first-order valence-electron chi connectivity index (χ1n) is 6.39. The Hall–Kier alpha value is -1.91. The number of carbonyl (C=O) groups excluding carboxylic acids is 1. The third kappa shape index (κ3) is 2.32. The minimum Gasteiger partial charge on any atom is -0.379 e. The summed E-state index contributed by atoms with van der Waals surface area (Å²) in [6, 6.07) is 6.64. The first-order valence-corrected chi connectivity index (χ1v) is 6.39. The lowest BCUT2D eigenvalue weighted by atomic mass is 9.95. The summed E-state index contributed by atoms with van der Waals surface area (Å²) in [4.78, 5) is 17.3. The molecule has 1 N–H and O–H groups in total. The van der Waals surface area contributed by atoms with Gasteiger partial charge in [0.15, 0.2) is 0 Å². The summed E-state index contributed by atoms with van der Waals surface area (Å²) in [5, 5.41) is 6.78. The van der Waals surface area contributed by atoms with E-state index in [1.165, 1.54) is 6.07 Å². The summed E-state index contributed by atoms with van der Waals surface area (Å²) in [6.45, 7) is 1.68. The molecular weight excluding hydrogens is 247 g/mol. The second-order valence-electron chi connectivity index (χ2n) is 5.26. The van der Waals surface area contributed by atoms with Crippen molar-refractivity contribution in [3.63, 3.8) is 0 Å². The van der Waals surface area contributed by atoms with Crippen molar-refractivity contribution in [2.24, 2.45) is 5.16 Å². The maximum absolute atomic E-state index is 13.7. The van der Waals surface area contributed by atoms with Crippen LogP contribution in [0.1, 0.15) is 31.7 Å². The van der Waals surface area contributed by atoms with Crippen LogP contribution in [0.25, 0.3) is 0 Å². The van der Waals surface area contributed by atoms with Crippen LogP contribution in [0.3, 0.4) is 0 Å². The molecular formula is C14H15FN2O2. The van der Waals surface area contributed by atoms with Gasteiger partial charge in [-0.1, -0.05) is 23.4 Å². The van der Waals surface area contributed by atoms with Crippen molar-refractivity contribution >= 4 is 11.6 Å². The predicted octanol–water partition coefficient (Wildman–Crippen LogP) is 1.99. The van der Waals surface area contributed by atoms with Crippen LogP contribution >= 0.6 is 0 Å². The molecule has 5 heteroatoms. The number of oxime groups is 1. The molecule has 0 bridgehead atoms. The van der Waals surface area contributed by atoms with Gasteiger partial charge in [-0.3, -0.25) is 4.79 Å². The van der Waals surface area contributed by atoms with E-state index in [0.717, 1.165) is 12.8 Å². The van der Waals surface area contributed by atoms with Crippen LogP contribution in [0.2, 0.25) is 0 Å². The van der Waals surface area contributed by atoms with Gasteiger partial charge in [-0.2, -0.15) is 0 Å². The zero-order chi connectivity index (χ0) is 13.5. The number of rotatable bonds is 3. The zero-order valence-corrected chi connectivity index (χ0v) is 10.6. The molecule has 100 valence electrons. The number of nitrogens with zero attached hydrogens (tertiary/aromatic N) is 1. The molecule has 19 heavy (non-hydrogen) atoms. The highest BCUT2D eigenvalue weighted by Crippen LogP contribution is 2.29. The van der Waals surface area contributed by atoms with Gasteiger partial charge in [0, 0.05) is 18.0 Å². The van der Waals surface area contributed by atoms with E-state index in [1.54, 1.807) is 25.1 Å². The first kappa shape index (κ1) is 12.1. The smallest absolute Gasteiger partial charge is 0.267 e. The van der Waals surface area contributed by atoms with Gasteiger partial charge in [0.25, 0.3) is 5.91 Å². The zero-order valence-electron chi connectivity index (χ0n) is 10.6. The van der Waals surface area contributed by atoms with Crippen molar-refractivity contribution in [2.75, 3.05) is 0 Å². The van der Waals surface area contributed by atoms with Gasteiger partial charge < -0.3 is 10.2 Å². The molecule has 1 heterocycles. The van der Waals surface area contributed by atoms with E-state index in [-0.39, 0.29) is 24.2 Å². The average Bonchev–Trinajstić information content (AvgIpc) is 3.11. The summed E-state index contributed by atoms with van der Waals surface area (Å²) in [5.41, 5.74) is -0.155. The Balaban J connectivity index is 1.74. The Bertz CT molecular complexity index is 554. The van der Waals surface area contributed by atoms with Gasteiger partial charge >= 0.3 is 0 Å². The molecule has 1 aliphatic heterocycles. The SMILES string of the molecule is C[C@@]1(C(=O)NC2CC2)CC(c2ccccc2F)=NO1. The quantitative estimate of drug-likeness (QED) is 0.905. The summed E-state index contributed by atoms with van der Waals surface area (Å²) >= 11 is 0. The highest BCUT2D eigenvalue weighted by molar-refractivity contribution is 6.05. The summed E-state index contributed by atoms with van der Waals surface area (Å²) in [7, 11) is 0. The number of hydrogen-bond acceptors (Lipinski definition) is 3. The van der Waals surface area contributed by atoms with Crippen molar-refractivity contribution in [3.05, 3.63) is 35.6 Å². The monoisotopic (exact) mass is 262 g/mol. The number of benzene rings is 1. The molecule has 1 aromatic rings. The van der Waals surface area contributed by atoms with E-state index in [0.29, 0.717) is 11.3 Å². The van der Waals surface area contributed by atoms with E-state index >= 15 is 0 Å². The van der Waals surface area contributed by atoms with Gasteiger partial charge in [0.1, 0.15) is 5.82 Å². The van der Waals surface area contributed by atoms with E-state index in [2.05, 4.69) is 10.5 Å². The van der Waals surface area contributed by atoms with Crippen LogP contribution in [0.4, 0.5) is 4.39 Å². The molecule has 1 fully saturated rings. The molecule has 4 nitrogen and oxygen atoms in total. The van der Waals surface area contributed by atoms with Crippen LogP contribution in [0, 0.1) is 5.82 Å². The Morgan fingerprint density at radius 3 is 2.89 bits per heavy atom. The number of hydrogen-bond donors (Lipinski definition) is 1. The van der Waals surface area contributed by atoms with Crippen molar-refractivity contribution in [2.45, 2.75) is 37.8 Å². The standard InChI is InChI=1S/C14H15FN2O2/c1-14(13(18)16-9-6-7-9)8-12(17-19-14)10-4-2-3-5-11(10)15/h2-5,9H,6-8H2,1H3,(H,16,18)/t14-/m0/s1. The molecule has 1 aliphatic carbocycles. The lowest BCUT2D eigenvalue weighted by Gasteiger charge is -2.20. The van der Waals surface area contributed by atoms with Crippen molar-refractivity contribution in [1.82, 2.24) is 5.32 Å². The fourth-order valence-electron chi connectivity index (χ4n) is 2.07. The topological polar surface area (TPSA) is 50.7 Å². The molecule has 0 radical (unpaired) electrons. The van der Waals surface area contributed by atoms with Gasteiger partial charge in [0.2, 0.25) is 5.60 Å². The number of amides is 1. The van der Waals surface area contributed by atoms with Crippen LogP contribution in [-0.4, -0.2) is 23.3 Å². The maximum atomic E-state index is 13.7. The first-order chi connectivity index (χ1) is 9.08. The highest BCUT2D eigenvalue weighted by Gasteiger charge is 2.44. The normalized spacial score (nSPS) is 25.7. The number of carbonyl (C=O) groups is 1. The minimum absolute atomic E-state index is 0.176. The van der Waals surface area contributed by atoms with Crippen molar-refractivity contribution in [3.8, 4) is 0 Å². The molecule has 0 spiro atoms. The third-order valence-electron chi connectivity index (χ3n) is 3.44. The van der Waals surface area contributed by atoms with Gasteiger partial charge in [-0.25, -0.2) is 4.39 Å². The highest BCUT2D eigenvalue weighted by atomic mass is 19.1. The number of nitrogens with one attached hydrogen (secondary N) is 1. The van der Waals surface area contributed by atoms with E-state index in [9.17, 15) is 9.18 Å². The average molecular weight is 262 g/mol.